The normalized spacial score (nSPS) is 13.2. The molecule has 1 atom stereocenters. The van der Waals surface area contributed by atoms with Gasteiger partial charge in [-0.15, -0.1) is 0 Å². The fraction of sp³-hybridized carbons (Fsp3) is 0.467. The summed E-state index contributed by atoms with van der Waals surface area (Å²) in [4.78, 5) is 4.31. The summed E-state index contributed by atoms with van der Waals surface area (Å²) in [5.41, 5.74) is 0.453. The van der Waals surface area contributed by atoms with E-state index in [4.69, 9.17) is 20.9 Å². The molecule has 1 heterocycles. The van der Waals surface area contributed by atoms with Crippen LogP contribution in [0.1, 0.15) is 26.7 Å². The number of aliphatic hydroxyl groups is 1. The van der Waals surface area contributed by atoms with Gasteiger partial charge in [-0.2, -0.15) is 4.98 Å². The molecule has 1 N–H and O–H groups in total. The number of rotatable bonds is 4. The van der Waals surface area contributed by atoms with E-state index in [0.29, 0.717) is 34.5 Å². The molecule has 0 aliphatic rings. The molecule has 2 aromatic rings. The second-order valence-corrected chi connectivity index (χ2v) is 6.38. The summed E-state index contributed by atoms with van der Waals surface area (Å²) in [6.07, 6.45) is -0.246. The maximum absolute atomic E-state index is 10.1. The maximum Gasteiger partial charge on any atom is 0.229 e. The Morgan fingerprint density at radius 2 is 2.10 bits per heavy atom. The van der Waals surface area contributed by atoms with Crippen molar-refractivity contribution >= 4 is 11.6 Å². The first-order valence-electron chi connectivity index (χ1n) is 6.66. The first-order chi connectivity index (χ1) is 9.81. The zero-order valence-corrected chi connectivity index (χ0v) is 13.3. The van der Waals surface area contributed by atoms with Crippen LogP contribution in [-0.4, -0.2) is 28.5 Å². The van der Waals surface area contributed by atoms with Crippen molar-refractivity contribution in [1.82, 2.24) is 10.1 Å². The Bertz CT molecular complexity index is 620. The van der Waals surface area contributed by atoms with Crippen LogP contribution in [0.15, 0.2) is 22.7 Å². The molecule has 0 amide bonds. The highest BCUT2D eigenvalue weighted by molar-refractivity contribution is 6.30. The van der Waals surface area contributed by atoms with Crippen LogP contribution in [0.25, 0.3) is 11.4 Å². The average molecular weight is 311 g/mol. The largest absolute Gasteiger partial charge is 0.496 e. The minimum absolute atomic E-state index is 0.243. The number of ether oxygens (including phenoxy) is 1. The number of methoxy groups -OCH3 is 1. The first kappa shape index (κ1) is 15.8. The van der Waals surface area contributed by atoms with Gasteiger partial charge in [0, 0.05) is 5.02 Å². The van der Waals surface area contributed by atoms with Gasteiger partial charge >= 0.3 is 0 Å². The third kappa shape index (κ3) is 3.74. The molecule has 2 rings (SSSR count). The quantitative estimate of drug-likeness (QED) is 0.938. The van der Waals surface area contributed by atoms with Crippen LogP contribution in [-0.2, 0) is 6.42 Å². The molecule has 1 aromatic heterocycles. The van der Waals surface area contributed by atoms with E-state index in [-0.39, 0.29) is 5.41 Å². The number of aromatic nitrogens is 2. The van der Waals surface area contributed by atoms with E-state index in [2.05, 4.69) is 10.1 Å². The molecule has 0 saturated carbocycles. The summed E-state index contributed by atoms with van der Waals surface area (Å²) >= 11 is 5.93. The minimum atomic E-state index is -0.557. The molecule has 0 spiro atoms. The van der Waals surface area contributed by atoms with Crippen LogP contribution in [0.2, 0.25) is 5.02 Å². The lowest BCUT2D eigenvalue weighted by molar-refractivity contribution is 0.0565. The van der Waals surface area contributed by atoms with Crippen LogP contribution >= 0.6 is 11.6 Å². The van der Waals surface area contributed by atoms with Crippen LogP contribution in [0.3, 0.4) is 0 Å². The van der Waals surface area contributed by atoms with E-state index >= 15 is 0 Å². The van der Waals surface area contributed by atoms with Gasteiger partial charge in [0.15, 0.2) is 0 Å². The number of hydrogen-bond acceptors (Lipinski definition) is 5. The van der Waals surface area contributed by atoms with Crippen molar-refractivity contribution in [3.8, 4) is 17.1 Å². The fourth-order valence-electron chi connectivity index (χ4n) is 1.77. The van der Waals surface area contributed by atoms with Gasteiger partial charge in [-0.25, -0.2) is 0 Å². The zero-order valence-electron chi connectivity index (χ0n) is 12.6. The van der Waals surface area contributed by atoms with Crippen molar-refractivity contribution in [3.63, 3.8) is 0 Å². The third-order valence-corrected chi connectivity index (χ3v) is 3.48. The molecule has 21 heavy (non-hydrogen) atoms. The van der Waals surface area contributed by atoms with E-state index in [1.54, 1.807) is 25.3 Å². The summed E-state index contributed by atoms with van der Waals surface area (Å²) in [5.74, 6) is 1.38. The van der Waals surface area contributed by atoms with Crippen LogP contribution in [0.4, 0.5) is 0 Å². The lowest BCUT2D eigenvalue weighted by Gasteiger charge is -2.24. The number of halogens is 1. The first-order valence-corrected chi connectivity index (χ1v) is 7.03. The van der Waals surface area contributed by atoms with Gasteiger partial charge < -0.3 is 14.4 Å². The van der Waals surface area contributed by atoms with Gasteiger partial charge in [0.05, 0.1) is 25.2 Å². The minimum Gasteiger partial charge on any atom is -0.496 e. The SMILES string of the molecule is COc1cc(Cl)ccc1-c1noc(CC(O)C(C)(C)C)n1. The van der Waals surface area contributed by atoms with Crippen molar-refractivity contribution in [2.75, 3.05) is 7.11 Å². The molecule has 0 radical (unpaired) electrons. The Labute approximate surface area is 128 Å². The molecule has 0 fully saturated rings. The zero-order chi connectivity index (χ0) is 15.6. The monoisotopic (exact) mass is 310 g/mol. The number of aliphatic hydroxyl groups excluding tert-OH is 1. The lowest BCUT2D eigenvalue weighted by Crippen LogP contribution is -2.28. The second kappa shape index (κ2) is 6.03. The number of nitrogens with zero attached hydrogens (tertiary/aromatic N) is 2. The van der Waals surface area contributed by atoms with Crippen LogP contribution < -0.4 is 4.74 Å². The smallest absolute Gasteiger partial charge is 0.229 e. The summed E-state index contributed by atoms with van der Waals surface area (Å²) in [6, 6.07) is 5.20. The summed E-state index contributed by atoms with van der Waals surface area (Å²) in [5, 5.41) is 14.6. The Kier molecular flexibility index (Phi) is 4.54. The molecule has 0 bridgehead atoms. The van der Waals surface area contributed by atoms with Crippen molar-refractivity contribution in [2.24, 2.45) is 5.41 Å². The molecule has 1 unspecified atom stereocenters. The second-order valence-electron chi connectivity index (χ2n) is 5.94. The fourth-order valence-corrected chi connectivity index (χ4v) is 1.93. The molecule has 0 saturated heterocycles. The molecular formula is C15H19ClN2O3. The highest BCUT2D eigenvalue weighted by Crippen LogP contribution is 2.31. The maximum atomic E-state index is 10.1. The van der Waals surface area contributed by atoms with Crippen molar-refractivity contribution in [2.45, 2.75) is 33.3 Å². The molecular weight excluding hydrogens is 292 g/mol. The Hall–Kier alpha value is -1.59. The van der Waals surface area contributed by atoms with E-state index in [0.717, 1.165) is 0 Å². The summed E-state index contributed by atoms with van der Waals surface area (Å²) in [7, 11) is 1.56. The van der Waals surface area contributed by atoms with Crippen molar-refractivity contribution in [1.29, 1.82) is 0 Å². The average Bonchev–Trinajstić information content (AvgIpc) is 2.85. The topological polar surface area (TPSA) is 68.4 Å². The lowest BCUT2D eigenvalue weighted by atomic mass is 9.87. The van der Waals surface area contributed by atoms with Gasteiger partial charge in [-0.05, 0) is 23.6 Å². The Morgan fingerprint density at radius 1 is 1.38 bits per heavy atom. The van der Waals surface area contributed by atoms with E-state index in [1.165, 1.54) is 0 Å². The van der Waals surface area contributed by atoms with E-state index < -0.39 is 6.10 Å². The van der Waals surface area contributed by atoms with Gasteiger partial charge in [0.25, 0.3) is 0 Å². The van der Waals surface area contributed by atoms with Gasteiger partial charge in [0.1, 0.15) is 5.75 Å². The van der Waals surface area contributed by atoms with E-state index in [9.17, 15) is 5.11 Å². The van der Waals surface area contributed by atoms with E-state index in [1.807, 2.05) is 20.8 Å². The Balaban J connectivity index is 2.24. The van der Waals surface area contributed by atoms with Gasteiger partial charge in [-0.3, -0.25) is 0 Å². The summed E-state index contributed by atoms with van der Waals surface area (Å²) < 4.78 is 10.5. The molecule has 0 aliphatic carbocycles. The highest BCUT2D eigenvalue weighted by Gasteiger charge is 2.25. The van der Waals surface area contributed by atoms with Gasteiger partial charge in [-0.1, -0.05) is 37.5 Å². The molecule has 0 aliphatic heterocycles. The van der Waals surface area contributed by atoms with Crippen LogP contribution in [0.5, 0.6) is 5.75 Å². The standard InChI is InChI=1S/C15H19ClN2O3/c1-15(2,3)12(19)8-13-17-14(18-21-13)10-6-5-9(16)7-11(10)20-4/h5-7,12,19H,8H2,1-4H3. The van der Waals surface area contributed by atoms with Crippen LogP contribution in [0, 0.1) is 5.41 Å². The third-order valence-electron chi connectivity index (χ3n) is 3.24. The molecule has 6 heteroatoms. The highest BCUT2D eigenvalue weighted by atomic mass is 35.5. The predicted molar refractivity (Wildman–Crippen MR) is 80.5 cm³/mol. The molecule has 114 valence electrons. The van der Waals surface area contributed by atoms with Crippen molar-refractivity contribution in [3.05, 3.63) is 29.1 Å². The van der Waals surface area contributed by atoms with Gasteiger partial charge in [0.2, 0.25) is 11.7 Å². The van der Waals surface area contributed by atoms with Crippen molar-refractivity contribution < 1.29 is 14.4 Å². The molecule has 5 nitrogen and oxygen atoms in total. The Morgan fingerprint density at radius 3 is 2.71 bits per heavy atom. The number of benzene rings is 1. The molecule has 1 aromatic carbocycles. The summed E-state index contributed by atoms with van der Waals surface area (Å²) in [6.45, 7) is 5.87. The predicted octanol–water partition coefficient (Wildman–Crippen LogP) is 3.35. The number of hydrogen-bond donors (Lipinski definition) is 1.